The molecule has 0 spiro atoms. The van der Waals surface area contributed by atoms with Crippen molar-refractivity contribution in [3.63, 3.8) is 0 Å². The number of rotatable bonds is 18. The van der Waals surface area contributed by atoms with Crippen LogP contribution in [-0.2, 0) is 21.4 Å². The van der Waals surface area contributed by atoms with E-state index in [9.17, 15) is 23.4 Å². The van der Waals surface area contributed by atoms with Gasteiger partial charge in [-0.05, 0) is 79.8 Å². The quantitative estimate of drug-likeness (QED) is 0.161. The Morgan fingerprint density at radius 3 is 1.93 bits per heavy atom. The number of aliphatic hydroxyl groups is 2. The standard InChI is InChI=1S/C36H49N3O5S/c1-26(2)23-39(45(43,44)32-21-17-27(24-40)18-22-32)31(25-41)15-10-16-33(28-19-20-28)38-36(42)35(37-3)34(29-11-6-4-7-12-29)30-13-8-5-9-14-30/h4-9,11-14,17-18,21-22,26,28,31,33-35,37,40-41H,10,15-16,19-20,23-25H2,1-3H3,(H,38,42)/t31-,33+,35-/m0/s1. The van der Waals surface area contributed by atoms with Crippen LogP contribution in [0.1, 0.15) is 68.6 Å². The van der Waals surface area contributed by atoms with E-state index >= 15 is 0 Å². The minimum atomic E-state index is -3.87. The number of carbonyl (C=O) groups is 1. The number of nitrogens with one attached hydrogen (secondary N) is 2. The Hall–Kier alpha value is -3.08. The fraction of sp³-hybridized carbons (Fsp3) is 0.472. The van der Waals surface area contributed by atoms with Gasteiger partial charge < -0.3 is 20.8 Å². The van der Waals surface area contributed by atoms with E-state index in [2.05, 4.69) is 34.9 Å². The predicted molar refractivity (Wildman–Crippen MR) is 178 cm³/mol. The van der Waals surface area contributed by atoms with E-state index in [1.165, 1.54) is 16.4 Å². The van der Waals surface area contributed by atoms with Crippen LogP contribution in [0.5, 0.6) is 0 Å². The van der Waals surface area contributed by atoms with Crippen molar-refractivity contribution in [3.8, 4) is 0 Å². The number of aliphatic hydroxyl groups excluding tert-OH is 2. The predicted octanol–water partition coefficient (Wildman–Crippen LogP) is 4.67. The summed E-state index contributed by atoms with van der Waals surface area (Å²) in [4.78, 5) is 14.0. The highest BCUT2D eigenvalue weighted by Crippen LogP contribution is 2.36. The number of sulfonamides is 1. The molecule has 4 N–H and O–H groups in total. The number of likely N-dealkylation sites (N-methyl/N-ethyl adjacent to an activating group) is 1. The molecular weight excluding hydrogens is 586 g/mol. The molecule has 0 unspecified atom stereocenters. The molecule has 1 fully saturated rings. The summed E-state index contributed by atoms with van der Waals surface area (Å²) in [5.41, 5.74) is 2.75. The second kappa shape index (κ2) is 16.5. The SMILES string of the molecule is CN[C@H](C(=O)N[C@H](CCC[C@@H](CO)N(CC(C)C)S(=O)(=O)c1ccc(CO)cc1)C1CC1)C(c1ccccc1)c1ccccc1. The Morgan fingerprint density at radius 2 is 1.47 bits per heavy atom. The van der Waals surface area contributed by atoms with E-state index in [0.717, 1.165) is 24.0 Å². The average Bonchev–Trinajstić information content (AvgIpc) is 3.90. The second-order valence-electron chi connectivity index (χ2n) is 12.6. The summed E-state index contributed by atoms with van der Waals surface area (Å²) in [6.45, 7) is 3.74. The van der Waals surface area contributed by atoms with Crippen LogP contribution in [0.25, 0.3) is 0 Å². The maximum absolute atomic E-state index is 13.9. The Labute approximate surface area is 268 Å². The number of hydrogen-bond acceptors (Lipinski definition) is 6. The molecule has 1 aliphatic rings. The molecule has 1 amide bonds. The maximum Gasteiger partial charge on any atom is 0.243 e. The van der Waals surface area contributed by atoms with Crippen molar-refractivity contribution < 1.29 is 23.4 Å². The molecule has 3 aromatic carbocycles. The van der Waals surface area contributed by atoms with Crippen molar-refractivity contribution in [1.29, 1.82) is 0 Å². The first-order valence-electron chi connectivity index (χ1n) is 16.1. The van der Waals surface area contributed by atoms with E-state index in [1.807, 2.05) is 57.3 Å². The van der Waals surface area contributed by atoms with Crippen LogP contribution < -0.4 is 10.6 Å². The second-order valence-corrected chi connectivity index (χ2v) is 14.4. The lowest BCUT2D eigenvalue weighted by Crippen LogP contribution is -2.50. The van der Waals surface area contributed by atoms with Crippen molar-refractivity contribution >= 4 is 15.9 Å². The first-order chi connectivity index (χ1) is 21.7. The van der Waals surface area contributed by atoms with Crippen molar-refractivity contribution in [2.24, 2.45) is 11.8 Å². The molecular formula is C36H49N3O5S. The van der Waals surface area contributed by atoms with Crippen LogP contribution in [0.2, 0.25) is 0 Å². The zero-order valence-electron chi connectivity index (χ0n) is 26.7. The molecule has 8 nitrogen and oxygen atoms in total. The van der Waals surface area contributed by atoms with E-state index in [4.69, 9.17) is 0 Å². The molecule has 244 valence electrons. The maximum atomic E-state index is 13.9. The van der Waals surface area contributed by atoms with E-state index in [1.54, 1.807) is 12.1 Å². The fourth-order valence-corrected chi connectivity index (χ4v) is 7.96. The zero-order valence-corrected chi connectivity index (χ0v) is 27.5. The Bertz CT molecular complexity index is 1390. The summed E-state index contributed by atoms with van der Waals surface area (Å²) in [7, 11) is -2.05. The highest BCUT2D eigenvalue weighted by Gasteiger charge is 2.37. The van der Waals surface area contributed by atoms with Gasteiger partial charge in [-0.1, -0.05) is 86.6 Å². The smallest absolute Gasteiger partial charge is 0.243 e. The van der Waals surface area contributed by atoms with Crippen molar-refractivity contribution in [3.05, 3.63) is 102 Å². The van der Waals surface area contributed by atoms with Crippen molar-refractivity contribution in [1.82, 2.24) is 14.9 Å². The summed E-state index contributed by atoms with van der Waals surface area (Å²) >= 11 is 0. The van der Waals surface area contributed by atoms with Crippen LogP contribution >= 0.6 is 0 Å². The van der Waals surface area contributed by atoms with Gasteiger partial charge in [0, 0.05) is 24.5 Å². The first-order valence-corrected chi connectivity index (χ1v) is 17.5. The monoisotopic (exact) mass is 635 g/mol. The summed E-state index contributed by atoms with van der Waals surface area (Å²) in [5.74, 6) is 0.231. The molecule has 3 aromatic rings. The van der Waals surface area contributed by atoms with Crippen molar-refractivity contribution in [2.45, 2.75) is 81.5 Å². The summed E-state index contributed by atoms with van der Waals surface area (Å²) in [5, 5.41) is 26.4. The molecule has 0 aromatic heterocycles. The Kier molecular flexibility index (Phi) is 12.7. The summed E-state index contributed by atoms with van der Waals surface area (Å²) < 4.78 is 28.9. The van der Waals surface area contributed by atoms with Gasteiger partial charge in [-0.25, -0.2) is 8.42 Å². The highest BCUT2D eigenvalue weighted by molar-refractivity contribution is 7.89. The third-order valence-electron chi connectivity index (χ3n) is 8.69. The minimum absolute atomic E-state index is 0.0268. The topological polar surface area (TPSA) is 119 Å². The van der Waals surface area contributed by atoms with E-state index in [0.29, 0.717) is 30.7 Å². The molecule has 1 aliphatic carbocycles. The van der Waals surface area contributed by atoms with Crippen LogP contribution in [0.15, 0.2) is 89.8 Å². The number of benzene rings is 3. The van der Waals surface area contributed by atoms with Gasteiger partial charge in [-0.3, -0.25) is 4.79 Å². The van der Waals surface area contributed by atoms with Gasteiger partial charge in [-0.2, -0.15) is 4.31 Å². The molecule has 4 rings (SSSR count). The summed E-state index contributed by atoms with van der Waals surface area (Å²) in [6.07, 6.45) is 3.94. The van der Waals surface area contributed by atoms with Gasteiger partial charge >= 0.3 is 0 Å². The van der Waals surface area contributed by atoms with Crippen LogP contribution in [-0.4, -0.2) is 67.2 Å². The van der Waals surface area contributed by atoms with Gasteiger partial charge in [0.15, 0.2) is 0 Å². The molecule has 9 heteroatoms. The molecule has 0 saturated heterocycles. The normalized spacial score (nSPS) is 15.7. The van der Waals surface area contributed by atoms with Gasteiger partial charge in [-0.15, -0.1) is 0 Å². The third-order valence-corrected chi connectivity index (χ3v) is 10.6. The molecule has 0 bridgehead atoms. The van der Waals surface area contributed by atoms with Gasteiger partial charge in [0.25, 0.3) is 0 Å². The molecule has 0 heterocycles. The number of carbonyl (C=O) groups excluding carboxylic acids is 1. The number of nitrogens with zero attached hydrogens (tertiary/aromatic N) is 1. The first kappa shape index (κ1) is 34.8. The van der Waals surface area contributed by atoms with Crippen LogP contribution in [0.4, 0.5) is 0 Å². The average molecular weight is 636 g/mol. The Balaban J connectivity index is 1.46. The number of hydrogen-bond donors (Lipinski definition) is 4. The fourth-order valence-electron chi connectivity index (χ4n) is 6.15. The molecule has 1 saturated carbocycles. The molecule has 0 aliphatic heterocycles. The molecule has 3 atom stereocenters. The van der Waals surface area contributed by atoms with E-state index < -0.39 is 22.1 Å². The van der Waals surface area contributed by atoms with Crippen LogP contribution in [0, 0.1) is 11.8 Å². The van der Waals surface area contributed by atoms with E-state index in [-0.39, 0.29) is 48.4 Å². The lowest BCUT2D eigenvalue weighted by molar-refractivity contribution is -0.124. The van der Waals surface area contributed by atoms with Gasteiger partial charge in [0.05, 0.1) is 24.2 Å². The minimum Gasteiger partial charge on any atom is -0.395 e. The highest BCUT2D eigenvalue weighted by atomic mass is 32.2. The third kappa shape index (κ3) is 9.24. The largest absolute Gasteiger partial charge is 0.395 e. The molecule has 45 heavy (non-hydrogen) atoms. The Morgan fingerprint density at radius 1 is 0.889 bits per heavy atom. The van der Waals surface area contributed by atoms with Crippen LogP contribution in [0.3, 0.4) is 0 Å². The van der Waals surface area contributed by atoms with Gasteiger partial charge in [0.2, 0.25) is 15.9 Å². The summed E-state index contributed by atoms with van der Waals surface area (Å²) in [6, 6.07) is 25.3. The lowest BCUT2D eigenvalue weighted by atomic mass is 9.84. The van der Waals surface area contributed by atoms with Crippen molar-refractivity contribution in [2.75, 3.05) is 20.2 Å². The number of amides is 1. The zero-order chi connectivity index (χ0) is 32.4. The van der Waals surface area contributed by atoms with Gasteiger partial charge in [0.1, 0.15) is 0 Å². The molecule has 0 radical (unpaired) electrons. The lowest BCUT2D eigenvalue weighted by Gasteiger charge is -2.32.